The number of sulfonamides is 1. The summed E-state index contributed by atoms with van der Waals surface area (Å²) >= 11 is 12.1. The monoisotopic (exact) mass is 516 g/mol. The van der Waals surface area contributed by atoms with Gasteiger partial charge in [0.2, 0.25) is 5.91 Å². The van der Waals surface area contributed by atoms with Crippen LogP contribution in [-0.2, 0) is 21.4 Å². The van der Waals surface area contributed by atoms with Crippen molar-refractivity contribution in [3.05, 3.63) is 93.5 Å². The Kier molecular flexibility index (Phi) is 6.60. The van der Waals surface area contributed by atoms with Gasteiger partial charge < -0.3 is 5.32 Å². The summed E-state index contributed by atoms with van der Waals surface area (Å²) in [6, 6.07) is 17.4. The first-order valence-corrected chi connectivity index (χ1v) is 12.1. The average molecular weight is 517 g/mol. The molecule has 0 unspecified atom stereocenters. The van der Waals surface area contributed by atoms with Crippen LogP contribution in [0.5, 0.6) is 0 Å². The van der Waals surface area contributed by atoms with Gasteiger partial charge in [-0.2, -0.15) is 0 Å². The molecule has 0 bridgehead atoms. The number of halogens is 2. The standard InChI is InChI=1S/C23H18Cl2N4O4S/c1-28(17-7-3-2-4-8-17)34(32,33)18-9-5-6-16(12-18)27-21(30)13-29-14-26-22-19(23(29)31)10-15(24)11-20(22)25/h2-12,14H,13H2,1H3,(H,27,30). The molecule has 0 fully saturated rings. The van der Waals surface area contributed by atoms with Gasteiger partial charge in [0.25, 0.3) is 15.6 Å². The number of nitrogens with one attached hydrogen (secondary N) is 1. The van der Waals surface area contributed by atoms with Gasteiger partial charge in [-0.25, -0.2) is 13.4 Å². The van der Waals surface area contributed by atoms with Gasteiger partial charge in [0.15, 0.2) is 0 Å². The summed E-state index contributed by atoms with van der Waals surface area (Å²) < 4.78 is 28.3. The Balaban J connectivity index is 1.55. The van der Waals surface area contributed by atoms with Gasteiger partial charge in [-0.15, -0.1) is 0 Å². The molecule has 0 aliphatic carbocycles. The van der Waals surface area contributed by atoms with Gasteiger partial charge in [0, 0.05) is 17.8 Å². The number of para-hydroxylation sites is 1. The number of carbonyl (C=O) groups is 1. The second-order valence-corrected chi connectivity index (χ2v) is 10.2. The molecule has 4 aromatic rings. The van der Waals surface area contributed by atoms with Crippen molar-refractivity contribution in [2.75, 3.05) is 16.7 Å². The predicted molar refractivity (Wildman–Crippen MR) is 133 cm³/mol. The minimum absolute atomic E-state index is 0.00507. The zero-order valence-corrected chi connectivity index (χ0v) is 20.1. The second-order valence-electron chi connectivity index (χ2n) is 7.35. The lowest BCUT2D eigenvalue weighted by Crippen LogP contribution is -2.28. The van der Waals surface area contributed by atoms with Gasteiger partial charge >= 0.3 is 0 Å². The minimum atomic E-state index is -3.86. The lowest BCUT2D eigenvalue weighted by Gasteiger charge is -2.20. The predicted octanol–water partition coefficient (Wildman–Crippen LogP) is 4.17. The fourth-order valence-electron chi connectivity index (χ4n) is 3.33. The lowest BCUT2D eigenvalue weighted by atomic mass is 10.2. The van der Waals surface area contributed by atoms with E-state index in [0.29, 0.717) is 5.69 Å². The lowest BCUT2D eigenvalue weighted by molar-refractivity contribution is -0.116. The van der Waals surface area contributed by atoms with E-state index in [0.717, 1.165) is 8.87 Å². The molecule has 0 saturated carbocycles. The molecular formula is C23H18Cl2N4O4S. The molecule has 4 rings (SSSR count). The third-order valence-corrected chi connectivity index (χ3v) is 7.34. The smallest absolute Gasteiger partial charge is 0.264 e. The van der Waals surface area contributed by atoms with Crippen LogP contribution in [0.25, 0.3) is 10.9 Å². The number of aromatic nitrogens is 2. The highest BCUT2D eigenvalue weighted by molar-refractivity contribution is 7.92. The maximum Gasteiger partial charge on any atom is 0.264 e. The van der Waals surface area contributed by atoms with Crippen molar-refractivity contribution in [1.82, 2.24) is 9.55 Å². The number of hydrogen-bond donors (Lipinski definition) is 1. The van der Waals surface area contributed by atoms with E-state index in [9.17, 15) is 18.0 Å². The van der Waals surface area contributed by atoms with Gasteiger partial charge in [-0.3, -0.25) is 18.5 Å². The van der Waals surface area contributed by atoms with E-state index >= 15 is 0 Å². The molecule has 8 nitrogen and oxygen atoms in total. The number of fused-ring (bicyclic) bond motifs is 1. The number of anilines is 2. The Bertz CT molecular complexity index is 1560. The molecule has 0 atom stereocenters. The molecule has 11 heteroatoms. The van der Waals surface area contributed by atoms with E-state index in [1.54, 1.807) is 36.4 Å². The summed E-state index contributed by atoms with van der Waals surface area (Å²) in [6.45, 7) is -0.340. The molecule has 1 amide bonds. The van der Waals surface area contributed by atoms with Crippen molar-refractivity contribution < 1.29 is 13.2 Å². The minimum Gasteiger partial charge on any atom is -0.324 e. The zero-order chi connectivity index (χ0) is 24.5. The molecule has 0 aliphatic rings. The summed E-state index contributed by atoms with van der Waals surface area (Å²) in [5.41, 5.74) is 0.569. The molecule has 0 saturated heterocycles. The van der Waals surface area contributed by atoms with Crippen LogP contribution < -0.4 is 15.2 Å². The summed E-state index contributed by atoms with van der Waals surface area (Å²) in [6.07, 6.45) is 1.22. The largest absolute Gasteiger partial charge is 0.324 e. The summed E-state index contributed by atoms with van der Waals surface area (Å²) in [7, 11) is -2.40. The maximum absolute atomic E-state index is 13.0. The van der Waals surface area contributed by atoms with Gasteiger partial charge in [0.1, 0.15) is 6.54 Å². The van der Waals surface area contributed by atoms with E-state index in [4.69, 9.17) is 23.2 Å². The van der Waals surface area contributed by atoms with Crippen LogP contribution in [0.3, 0.4) is 0 Å². The molecule has 0 radical (unpaired) electrons. The molecule has 1 aromatic heterocycles. The van der Waals surface area contributed by atoms with Crippen LogP contribution in [0.15, 0.2) is 82.7 Å². The van der Waals surface area contributed by atoms with E-state index in [1.165, 1.54) is 43.7 Å². The van der Waals surface area contributed by atoms with E-state index < -0.39 is 21.5 Å². The van der Waals surface area contributed by atoms with Crippen LogP contribution >= 0.6 is 23.2 Å². The molecule has 1 heterocycles. The number of nitrogens with zero attached hydrogens (tertiary/aromatic N) is 3. The topological polar surface area (TPSA) is 101 Å². The molecule has 1 N–H and O–H groups in total. The number of carbonyl (C=O) groups excluding carboxylic acids is 1. The third-order valence-electron chi connectivity index (χ3n) is 5.06. The highest BCUT2D eigenvalue weighted by Gasteiger charge is 2.22. The van der Waals surface area contributed by atoms with Crippen molar-refractivity contribution in [2.45, 2.75) is 11.4 Å². The van der Waals surface area contributed by atoms with Crippen molar-refractivity contribution >= 4 is 61.4 Å². The normalized spacial score (nSPS) is 11.4. The molecule has 174 valence electrons. The number of benzene rings is 3. The first-order chi connectivity index (χ1) is 16.2. The molecule has 34 heavy (non-hydrogen) atoms. The van der Waals surface area contributed by atoms with Crippen molar-refractivity contribution in [3.63, 3.8) is 0 Å². The fraction of sp³-hybridized carbons (Fsp3) is 0.0870. The van der Waals surface area contributed by atoms with Crippen molar-refractivity contribution in [2.24, 2.45) is 0 Å². The summed E-state index contributed by atoms with van der Waals surface area (Å²) in [5, 5.41) is 3.31. The van der Waals surface area contributed by atoms with E-state index in [2.05, 4.69) is 10.3 Å². The highest BCUT2D eigenvalue weighted by Crippen LogP contribution is 2.25. The SMILES string of the molecule is CN(c1ccccc1)S(=O)(=O)c1cccc(NC(=O)Cn2cnc3c(Cl)cc(Cl)cc3c2=O)c1. The van der Waals surface area contributed by atoms with Gasteiger partial charge in [-0.1, -0.05) is 47.5 Å². The van der Waals surface area contributed by atoms with Crippen LogP contribution in [-0.4, -0.2) is 30.9 Å². The van der Waals surface area contributed by atoms with E-state index in [-0.39, 0.29) is 38.1 Å². The maximum atomic E-state index is 13.0. The Morgan fingerprint density at radius 2 is 1.79 bits per heavy atom. The Hall–Kier alpha value is -3.40. The Morgan fingerprint density at radius 3 is 2.53 bits per heavy atom. The first-order valence-electron chi connectivity index (χ1n) is 9.95. The van der Waals surface area contributed by atoms with Crippen LogP contribution in [0.2, 0.25) is 10.0 Å². The average Bonchev–Trinajstić information content (AvgIpc) is 2.81. The van der Waals surface area contributed by atoms with E-state index in [1.807, 2.05) is 0 Å². The summed E-state index contributed by atoms with van der Waals surface area (Å²) in [4.78, 5) is 29.5. The zero-order valence-electron chi connectivity index (χ0n) is 17.8. The van der Waals surface area contributed by atoms with Crippen LogP contribution in [0, 0.1) is 0 Å². The molecular weight excluding hydrogens is 499 g/mol. The Morgan fingerprint density at radius 1 is 1.06 bits per heavy atom. The third kappa shape index (κ3) is 4.77. The first kappa shape index (κ1) is 23.7. The molecule has 0 spiro atoms. The summed E-state index contributed by atoms with van der Waals surface area (Å²) in [5.74, 6) is -0.540. The van der Waals surface area contributed by atoms with Crippen molar-refractivity contribution in [1.29, 1.82) is 0 Å². The molecule has 3 aromatic carbocycles. The quantitative estimate of drug-likeness (QED) is 0.414. The van der Waals surface area contributed by atoms with Crippen molar-refractivity contribution in [3.8, 4) is 0 Å². The highest BCUT2D eigenvalue weighted by atomic mass is 35.5. The van der Waals surface area contributed by atoms with Crippen LogP contribution in [0.4, 0.5) is 11.4 Å². The number of rotatable bonds is 6. The number of amides is 1. The van der Waals surface area contributed by atoms with Gasteiger partial charge in [-0.05, 0) is 42.5 Å². The second kappa shape index (κ2) is 9.46. The number of hydrogen-bond acceptors (Lipinski definition) is 5. The Labute approximate surface area is 205 Å². The molecule has 0 aliphatic heterocycles. The van der Waals surface area contributed by atoms with Gasteiger partial charge in [0.05, 0.1) is 32.8 Å². The fourth-order valence-corrected chi connectivity index (χ4v) is 5.12. The van der Waals surface area contributed by atoms with Crippen LogP contribution in [0.1, 0.15) is 0 Å².